The molecule has 2 aliphatic heterocycles. The van der Waals surface area contributed by atoms with Gasteiger partial charge in [0.15, 0.2) is 18.9 Å². The van der Waals surface area contributed by atoms with Gasteiger partial charge < -0.3 is 71.4 Å². The third-order valence-electron chi connectivity index (χ3n) is 24.6. The molecule has 23 nitrogen and oxygen atoms in total. The molecule has 7 rings (SSSR count). The maximum Gasteiger partial charge on any atom is 0.313 e. The first-order valence-electron chi connectivity index (χ1n) is 49.9. The van der Waals surface area contributed by atoms with Crippen molar-refractivity contribution >= 4 is 47.8 Å². The Morgan fingerprint density at radius 2 is 0.620 bits per heavy atom. The van der Waals surface area contributed by atoms with Gasteiger partial charge in [-0.05, 0) is 308 Å². The molecule has 0 radical (unpaired) electrons. The van der Waals surface area contributed by atoms with Gasteiger partial charge in [-0.3, -0.25) is 38.4 Å². The molecule has 2 heterocycles. The zero-order valence-electron chi connectivity index (χ0n) is 92.2. The lowest BCUT2D eigenvalue weighted by molar-refractivity contribution is -0.185. The number of epoxide rings is 1. The Labute approximate surface area is 829 Å². The van der Waals surface area contributed by atoms with Crippen LogP contribution in [0, 0.1) is 48.7 Å². The van der Waals surface area contributed by atoms with Gasteiger partial charge in [-0.25, -0.2) is 0 Å². The molecule has 0 saturated carbocycles. The van der Waals surface area contributed by atoms with Crippen LogP contribution in [0.1, 0.15) is 373 Å². The largest absolute Gasteiger partial charge is 0.508 e. The van der Waals surface area contributed by atoms with E-state index in [0.717, 1.165) is 113 Å². The summed E-state index contributed by atoms with van der Waals surface area (Å²) < 4.78 is 72.8. The molecule has 6 unspecified atom stereocenters. The standard InChI is InChI=1S/C14H22O2.3C13H18O2.C12H22O3.2C10H20O3.C10H20O2.C10H14O.C9H16O3/c1-5-11(3)13-7-9-14(10-8-13)16-12(4)15-6-2;3*1-4-13(2,3)12(14)15-10-11-8-6-5-7-9-11;1-5-11(3,4)10(13)15-9-12(6-2)7-14-8-12;2*1-6-10(4,5)9(11)13-8(3)12-7-2;1-7-10(5,6)8(11)12-9(2,3)4;1-3-8(2)9-4-6-10(11)7-5-9;1-4-9(2,3)8(10)12-6-7-5-11-7/h7-12H,5-6H2,1-4H3;3*5-9H,4,10H2,1-3H3;5-9H2,1-4H3;2*8H,6-7H2,1-5H3;7H2,1-6H3;4-8,11H,3H2,1-2H3;7H,4-6H2,1-3H3. The van der Waals surface area contributed by atoms with Gasteiger partial charge in [0.05, 0.1) is 68.6 Å². The smallest absolute Gasteiger partial charge is 0.313 e. The molecule has 137 heavy (non-hydrogen) atoms. The van der Waals surface area contributed by atoms with E-state index in [-0.39, 0.29) is 104 Å². The van der Waals surface area contributed by atoms with Gasteiger partial charge in [-0.15, -0.1) is 0 Å². The van der Waals surface area contributed by atoms with Gasteiger partial charge in [-0.1, -0.05) is 205 Å². The average Bonchev–Trinajstić information content (AvgIpc) is 1.45. The topological polar surface area (TPSA) is 289 Å². The first-order valence-corrected chi connectivity index (χ1v) is 49.9. The third kappa shape index (κ3) is 58.2. The van der Waals surface area contributed by atoms with Crippen LogP contribution in [0.3, 0.4) is 0 Å². The fraction of sp³-hybridized carbons (Fsp3) is 0.667. The maximum absolute atomic E-state index is 11.7. The van der Waals surface area contributed by atoms with E-state index in [1.165, 1.54) is 11.1 Å². The lowest BCUT2D eigenvalue weighted by Gasteiger charge is -2.40. The summed E-state index contributed by atoms with van der Waals surface area (Å²) in [4.78, 5) is 92.5. The van der Waals surface area contributed by atoms with Crippen LogP contribution in [-0.4, -0.2) is 136 Å². The average molecular weight is 1930 g/mol. The van der Waals surface area contributed by atoms with E-state index in [2.05, 4.69) is 46.8 Å². The van der Waals surface area contributed by atoms with Crippen molar-refractivity contribution in [3.63, 3.8) is 0 Å². The van der Waals surface area contributed by atoms with Crippen LogP contribution in [0.15, 0.2) is 140 Å². The molecule has 6 atom stereocenters. The van der Waals surface area contributed by atoms with E-state index in [1.54, 1.807) is 26.0 Å². The number of hydrogen-bond donors (Lipinski definition) is 1. The lowest BCUT2D eigenvalue weighted by Crippen LogP contribution is -2.47. The van der Waals surface area contributed by atoms with Crippen LogP contribution in [0.2, 0.25) is 0 Å². The van der Waals surface area contributed by atoms with Gasteiger partial charge in [-0.2, -0.15) is 0 Å². The van der Waals surface area contributed by atoms with Crippen molar-refractivity contribution in [3.8, 4) is 11.5 Å². The van der Waals surface area contributed by atoms with Gasteiger partial charge in [0.25, 0.3) is 0 Å². The summed E-state index contributed by atoms with van der Waals surface area (Å²) in [6, 6.07) is 44.9. The van der Waals surface area contributed by atoms with Crippen molar-refractivity contribution in [2.24, 2.45) is 48.7 Å². The summed E-state index contributed by atoms with van der Waals surface area (Å²) in [6.07, 6.45) is 8.75. The van der Waals surface area contributed by atoms with E-state index in [9.17, 15) is 38.4 Å². The number of hydrogen-bond acceptors (Lipinski definition) is 23. The highest BCUT2D eigenvalue weighted by Crippen LogP contribution is 2.35. The summed E-state index contributed by atoms with van der Waals surface area (Å²) in [5.41, 5.74) is 2.43. The minimum atomic E-state index is -0.441. The number of rotatable bonds is 41. The first kappa shape index (κ1) is 132. The van der Waals surface area contributed by atoms with Crippen molar-refractivity contribution in [1.29, 1.82) is 0 Å². The summed E-state index contributed by atoms with van der Waals surface area (Å²) in [6.45, 7) is 79.8. The van der Waals surface area contributed by atoms with Crippen LogP contribution < -0.4 is 4.74 Å². The molecule has 0 aliphatic carbocycles. The van der Waals surface area contributed by atoms with Crippen molar-refractivity contribution in [2.45, 2.75) is 396 Å². The van der Waals surface area contributed by atoms with Gasteiger partial charge >= 0.3 is 47.8 Å². The zero-order chi connectivity index (χ0) is 106. The molecule has 5 aromatic carbocycles. The summed E-state index contributed by atoms with van der Waals surface area (Å²) in [7, 11) is 0. The van der Waals surface area contributed by atoms with Crippen LogP contribution in [0.5, 0.6) is 11.5 Å². The van der Waals surface area contributed by atoms with Gasteiger partial charge in [0.1, 0.15) is 56.2 Å². The van der Waals surface area contributed by atoms with E-state index in [1.807, 2.05) is 330 Å². The molecule has 5 aromatic rings. The third-order valence-corrected chi connectivity index (χ3v) is 24.6. The number of phenols is 1. The molecule has 2 aliphatic rings. The quantitative estimate of drug-likeness (QED) is 0.0165. The molecule has 0 spiro atoms. The van der Waals surface area contributed by atoms with E-state index >= 15 is 0 Å². The minimum Gasteiger partial charge on any atom is -0.508 e. The first-order chi connectivity index (χ1) is 63.7. The number of esters is 8. The molecule has 1 N–H and O–H groups in total. The highest BCUT2D eigenvalue weighted by atomic mass is 16.7. The van der Waals surface area contributed by atoms with Crippen LogP contribution >= 0.6 is 0 Å². The molecule has 2 fully saturated rings. The Morgan fingerprint density at radius 3 is 0.876 bits per heavy atom. The summed E-state index contributed by atoms with van der Waals surface area (Å²) in [5, 5.41) is 9.01. The zero-order valence-corrected chi connectivity index (χ0v) is 92.2. The Hall–Kier alpha value is -8.74. The predicted molar refractivity (Wildman–Crippen MR) is 550 cm³/mol. The highest BCUT2D eigenvalue weighted by molar-refractivity contribution is 5.79. The van der Waals surface area contributed by atoms with E-state index in [4.69, 9.17) is 71.4 Å². The maximum atomic E-state index is 11.7. The second-order valence-electron chi connectivity index (χ2n) is 40.8. The second-order valence-corrected chi connectivity index (χ2v) is 40.8. The molecule has 0 amide bonds. The fourth-order valence-electron chi connectivity index (χ4n) is 9.82. The molecule has 23 heteroatoms. The summed E-state index contributed by atoms with van der Waals surface area (Å²) in [5.74, 6) is 1.30. The molecular formula is C114H188O23. The molecule has 782 valence electrons. The van der Waals surface area contributed by atoms with E-state index < -0.39 is 23.4 Å². The predicted octanol–water partition coefficient (Wildman–Crippen LogP) is 27.6. The van der Waals surface area contributed by atoms with Gasteiger partial charge in [0.2, 0.25) is 0 Å². The fourth-order valence-corrected chi connectivity index (χ4v) is 9.82. The Kier molecular flexibility index (Phi) is 65.3. The van der Waals surface area contributed by atoms with Crippen molar-refractivity contribution < 1.29 is 110 Å². The van der Waals surface area contributed by atoms with Crippen molar-refractivity contribution in [3.05, 3.63) is 167 Å². The Bertz CT molecular complexity index is 3850. The van der Waals surface area contributed by atoms with Crippen molar-refractivity contribution in [2.75, 3.05) is 52.9 Å². The van der Waals surface area contributed by atoms with Crippen LogP contribution in [0.4, 0.5) is 0 Å². The SMILES string of the molecule is CCC(C)(C)C(=O)OC(C)(C)C.CCC(C)(C)C(=O)OCC1CO1.CCC(C)(C)C(=O)OCc1ccccc1.CCC(C)(C)C(=O)OCc1ccccc1.CCC(C)(C)C(=O)OCc1ccccc1.CCC(C)c1ccc(O)cc1.CCC1(COC(=O)C(C)(C)CC)COC1.CCOC(C)OC(=O)C(C)(C)CC.CCOC(C)OC(=O)C(C)(C)CC.CCOC(C)Oc1ccc(C(C)CC)cc1. The Balaban J connectivity index is -0.00000146. The number of carbonyl (C=O) groups is 8. The highest BCUT2D eigenvalue weighted by Gasteiger charge is 2.41. The van der Waals surface area contributed by atoms with E-state index in [0.29, 0.717) is 70.4 Å². The molecular weight excluding hydrogens is 1740 g/mol. The molecule has 0 aromatic heterocycles. The normalized spacial score (nSPS) is 14.2. The second kappa shape index (κ2) is 67.6. The Morgan fingerprint density at radius 1 is 0.350 bits per heavy atom. The number of ether oxygens (including phenoxy) is 14. The monoisotopic (exact) mass is 1930 g/mol. The number of benzene rings is 5. The van der Waals surface area contributed by atoms with Crippen molar-refractivity contribution in [1.82, 2.24) is 0 Å². The molecule has 2 saturated heterocycles. The molecule has 0 bridgehead atoms. The van der Waals surface area contributed by atoms with Crippen LogP contribution in [-0.2, 0) is 120 Å². The number of phenolic OH excluding ortho intramolecular Hbond substituents is 1. The van der Waals surface area contributed by atoms with Gasteiger partial charge in [0, 0.05) is 19.8 Å². The number of carbonyl (C=O) groups excluding carboxylic acids is 8. The number of aromatic hydroxyl groups is 1. The van der Waals surface area contributed by atoms with Crippen LogP contribution in [0.25, 0.3) is 0 Å². The summed E-state index contributed by atoms with van der Waals surface area (Å²) >= 11 is 0. The lowest BCUT2D eigenvalue weighted by atomic mass is 9.84. The minimum absolute atomic E-state index is 0.0928.